The average molecular weight is 922 g/mol. The second-order valence-corrected chi connectivity index (χ2v) is 20.4. The molecule has 3 nitrogen and oxygen atoms in total. The Morgan fingerprint density at radius 3 is 1.40 bits per heavy atom. The van der Waals surface area contributed by atoms with Gasteiger partial charge in [0.05, 0.1) is 27.7 Å². The molecule has 1 aliphatic carbocycles. The van der Waals surface area contributed by atoms with E-state index in [1.165, 1.54) is 87.8 Å². The zero-order chi connectivity index (χ0) is 48.1. The third-order valence-electron chi connectivity index (χ3n) is 15.5. The molecule has 0 unspecified atom stereocenters. The van der Waals surface area contributed by atoms with E-state index in [2.05, 4.69) is 290 Å². The van der Waals surface area contributed by atoms with E-state index < -0.39 is 5.41 Å². The first kappa shape index (κ1) is 42.0. The van der Waals surface area contributed by atoms with Crippen molar-refractivity contribution in [1.29, 1.82) is 0 Å². The molecule has 1 aliphatic rings. The molecule has 13 aromatic rings. The van der Waals surface area contributed by atoms with Gasteiger partial charge in [-0.15, -0.1) is 0 Å². The maximum absolute atomic E-state index is 2.57. The van der Waals surface area contributed by atoms with Crippen LogP contribution in [0.4, 0.5) is 34.1 Å². The van der Waals surface area contributed by atoms with Crippen molar-refractivity contribution in [2.45, 2.75) is 31.6 Å². The minimum atomic E-state index is -0.648. The predicted molar refractivity (Wildman–Crippen MR) is 304 cm³/mol. The van der Waals surface area contributed by atoms with Crippen molar-refractivity contribution in [2.75, 3.05) is 9.80 Å². The van der Waals surface area contributed by atoms with Crippen LogP contribution in [-0.2, 0) is 10.8 Å². The summed E-state index contributed by atoms with van der Waals surface area (Å²) in [5.74, 6) is 0. The Morgan fingerprint density at radius 1 is 0.361 bits per heavy atom. The number of rotatable bonds is 8. The van der Waals surface area contributed by atoms with Gasteiger partial charge in [0.25, 0.3) is 0 Å². The molecule has 0 spiro atoms. The van der Waals surface area contributed by atoms with Gasteiger partial charge in [-0.2, -0.15) is 0 Å². The molecule has 0 aliphatic heterocycles. The summed E-state index contributed by atoms with van der Waals surface area (Å²) in [6.45, 7) is 6.95. The standard InChI is InChI=1S/C69H51N3/c1-68(2,3)48-34-41-61-59(44-48)65-63(71(51-30-18-8-19-31-51)52-32-20-9-21-33-52)43-40-58-64-55-37-38-56-54-36-35-53(70(49-26-14-6-15-27-49)50-28-16-7-17-29-50)45-60(54)69(46-22-10-4-11-23-46,47-24-12-5-13-25-47)66(56)57(55)39-42-62(64)72(61)67(58)65/h4-45H,1-3H3. The number of para-hydroxylation sites is 4. The first-order valence-electron chi connectivity index (χ1n) is 25.2. The molecule has 2 aromatic heterocycles. The predicted octanol–water partition coefficient (Wildman–Crippen LogP) is 18.6. The summed E-state index contributed by atoms with van der Waals surface area (Å²) in [4.78, 5) is 4.83. The molecule has 0 amide bonds. The van der Waals surface area contributed by atoms with Crippen LogP contribution in [0.1, 0.15) is 48.6 Å². The zero-order valence-corrected chi connectivity index (χ0v) is 40.6. The van der Waals surface area contributed by atoms with Crippen LogP contribution in [0.2, 0.25) is 0 Å². The van der Waals surface area contributed by atoms with Gasteiger partial charge in [0.15, 0.2) is 0 Å². The number of nitrogens with zero attached hydrogens (tertiary/aromatic N) is 3. The van der Waals surface area contributed by atoms with E-state index >= 15 is 0 Å². The Kier molecular flexibility index (Phi) is 9.37. The van der Waals surface area contributed by atoms with Gasteiger partial charge in [-0.3, -0.25) is 0 Å². The molecule has 0 bridgehead atoms. The summed E-state index contributed by atoms with van der Waals surface area (Å²) in [5, 5.41) is 7.58. The second-order valence-electron chi connectivity index (χ2n) is 20.4. The van der Waals surface area contributed by atoms with Gasteiger partial charge in [-0.25, -0.2) is 0 Å². The maximum atomic E-state index is 2.57. The van der Waals surface area contributed by atoms with Gasteiger partial charge in [0.2, 0.25) is 0 Å². The molecule has 0 fully saturated rings. The molecular weight excluding hydrogens is 871 g/mol. The molecule has 0 N–H and O–H groups in total. The summed E-state index contributed by atoms with van der Waals surface area (Å²) in [5.41, 5.74) is 18.7. The van der Waals surface area contributed by atoms with E-state index in [9.17, 15) is 0 Å². The number of hydrogen-bond donors (Lipinski definition) is 0. The first-order chi connectivity index (χ1) is 35.4. The molecule has 14 rings (SSSR count). The fourth-order valence-corrected chi connectivity index (χ4v) is 12.4. The lowest BCUT2D eigenvalue weighted by molar-refractivity contribution is 0.591. The molecule has 2 heterocycles. The van der Waals surface area contributed by atoms with Gasteiger partial charge in [0, 0.05) is 50.0 Å². The molecule has 0 radical (unpaired) electrons. The molecule has 0 saturated carbocycles. The minimum Gasteiger partial charge on any atom is -0.310 e. The second kappa shape index (κ2) is 16.1. The maximum Gasteiger partial charge on any atom is 0.0720 e. The number of hydrogen-bond acceptors (Lipinski definition) is 2. The van der Waals surface area contributed by atoms with Crippen molar-refractivity contribution >= 4 is 83.0 Å². The van der Waals surface area contributed by atoms with E-state index in [-0.39, 0.29) is 5.41 Å². The lowest BCUT2D eigenvalue weighted by Gasteiger charge is -2.35. The fraction of sp³-hybridized carbons (Fsp3) is 0.0725. The zero-order valence-electron chi connectivity index (χ0n) is 40.6. The highest BCUT2D eigenvalue weighted by molar-refractivity contribution is 6.32. The number of fused-ring (bicyclic) bond motifs is 12. The van der Waals surface area contributed by atoms with Crippen molar-refractivity contribution in [2.24, 2.45) is 0 Å². The van der Waals surface area contributed by atoms with Crippen molar-refractivity contribution in [3.8, 4) is 11.1 Å². The van der Waals surface area contributed by atoms with Gasteiger partial charge >= 0.3 is 0 Å². The topological polar surface area (TPSA) is 10.9 Å². The Bertz CT molecular complexity index is 4040. The van der Waals surface area contributed by atoms with Crippen LogP contribution in [0.5, 0.6) is 0 Å². The Balaban J connectivity index is 1.09. The average Bonchev–Trinajstić information content (AvgIpc) is 4.07. The summed E-state index contributed by atoms with van der Waals surface area (Å²) in [7, 11) is 0. The summed E-state index contributed by atoms with van der Waals surface area (Å²) >= 11 is 0. The van der Waals surface area contributed by atoms with Crippen LogP contribution in [0.15, 0.2) is 255 Å². The molecule has 0 atom stereocenters. The number of aromatic nitrogens is 1. The van der Waals surface area contributed by atoms with Gasteiger partial charge in [0.1, 0.15) is 0 Å². The van der Waals surface area contributed by atoms with E-state index in [0.717, 1.165) is 34.1 Å². The van der Waals surface area contributed by atoms with Crippen LogP contribution >= 0.6 is 0 Å². The van der Waals surface area contributed by atoms with E-state index in [0.29, 0.717) is 0 Å². The van der Waals surface area contributed by atoms with Crippen LogP contribution in [0.3, 0.4) is 0 Å². The largest absolute Gasteiger partial charge is 0.310 e. The summed E-state index contributed by atoms with van der Waals surface area (Å²) in [6, 6.07) is 94.5. The highest BCUT2D eigenvalue weighted by Gasteiger charge is 2.48. The third kappa shape index (κ3) is 6.10. The third-order valence-corrected chi connectivity index (χ3v) is 15.5. The van der Waals surface area contributed by atoms with Crippen molar-refractivity contribution < 1.29 is 0 Å². The van der Waals surface area contributed by atoms with Gasteiger partial charge < -0.3 is 14.2 Å². The highest BCUT2D eigenvalue weighted by Crippen LogP contribution is 2.60. The van der Waals surface area contributed by atoms with Gasteiger partial charge in [-0.1, -0.05) is 191 Å². The molecule has 0 saturated heterocycles. The smallest absolute Gasteiger partial charge is 0.0720 e. The normalized spacial score (nSPS) is 13.0. The van der Waals surface area contributed by atoms with Crippen LogP contribution in [-0.4, -0.2) is 4.40 Å². The van der Waals surface area contributed by atoms with Crippen molar-refractivity contribution in [1.82, 2.24) is 4.40 Å². The summed E-state index contributed by atoms with van der Waals surface area (Å²) in [6.07, 6.45) is 0. The van der Waals surface area contributed by atoms with E-state index in [1.807, 2.05) is 0 Å². The lowest BCUT2D eigenvalue weighted by atomic mass is 9.66. The number of benzene rings is 11. The SMILES string of the molecule is CC(C)(C)c1ccc2c(c1)c1c(N(c3ccccc3)c3ccccc3)ccc3c4c5ccc6c(c5ccc4n2c31)C(c1ccccc1)(c1ccccc1)c1cc(N(c2ccccc2)c2ccccc2)ccc1-6. The van der Waals surface area contributed by atoms with Crippen LogP contribution < -0.4 is 9.80 Å². The lowest BCUT2D eigenvalue weighted by Crippen LogP contribution is -2.29. The van der Waals surface area contributed by atoms with Gasteiger partial charge in [-0.05, 0) is 140 Å². The monoisotopic (exact) mass is 921 g/mol. The summed E-state index contributed by atoms with van der Waals surface area (Å²) < 4.78 is 2.57. The highest BCUT2D eigenvalue weighted by atomic mass is 15.2. The molecular formula is C69H51N3. The van der Waals surface area contributed by atoms with Crippen LogP contribution in [0, 0.1) is 0 Å². The Labute approximate surface area is 420 Å². The first-order valence-corrected chi connectivity index (χ1v) is 25.2. The number of anilines is 6. The fourth-order valence-electron chi connectivity index (χ4n) is 12.4. The Morgan fingerprint density at radius 2 is 0.847 bits per heavy atom. The van der Waals surface area contributed by atoms with E-state index in [4.69, 9.17) is 0 Å². The van der Waals surface area contributed by atoms with E-state index in [1.54, 1.807) is 0 Å². The molecule has 11 aromatic carbocycles. The van der Waals surface area contributed by atoms with Crippen molar-refractivity contribution in [3.63, 3.8) is 0 Å². The molecule has 342 valence electrons. The molecule has 72 heavy (non-hydrogen) atoms. The Hall–Kier alpha value is -8.92. The minimum absolute atomic E-state index is 0.0265. The van der Waals surface area contributed by atoms with Crippen molar-refractivity contribution in [3.05, 3.63) is 283 Å². The van der Waals surface area contributed by atoms with Crippen LogP contribution in [0.25, 0.3) is 60.0 Å². The quantitative estimate of drug-likeness (QED) is 0.150. The molecule has 3 heteroatoms.